The van der Waals surface area contributed by atoms with E-state index in [2.05, 4.69) is 5.32 Å². The number of nitrogens with zero attached hydrogens (tertiary/aromatic N) is 1. The van der Waals surface area contributed by atoms with Crippen LogP contribution in [0.4, 0.5) is 4.79 Å². The normalized spacial score (nSPS) is 19.1. The first kappa shape index (κ1) is 22.2. The molecule has 1 fully saturated rings. The molecule has 1 aliphatic rings. The Labute approximate surface area is 169 Å². The zero-order chi connectivity index (χ0) is 21.8. The molecule has 2 rings (SSSR count). The van der Waals surface area contributed by atoms with Crippen molar-refractivity contribution < 1.29 is 33.8 Å². The van der Waals surface area contributed by atoms with Gasteiger partial charge >= 0.3 is 18.0 Å². The molecule has 0 aliphatic carbocycles. The average molecular weight is 406 g/mol. The molecule has 9 heteroatoms. The third-order valence-electron chi connectivity index (χ3n) is 4.12. The van der Waals surface area contributed by atoms with Gasteiger partial charge in [-0.25, -0.2) is 14.4 Å². The average Bonchev–Trinajstić information content (AvgIpc) is 3.36. The molecule has 1 aromatic carbocycles. The summed E-state index contributed by atoms with van der Waals surface area (Å²) in [6.07, 6.45) is -0.703. The third-order valence-corrected chi connectivity index (χ3v) is 4.12. The second kappa shape index (κ2) is 8.93. The summed E-state index contributed by atoms with van der Waals surface area (Å²) < 4.78 is 10.1. The molecule has 0 spiro atoms. The van der Waals surface area contributed by atoms with E-state index >= 15 is 0 Å². The minimum Gasteiger partial charge on any atom is -0.480 e. The Morgan fingerprint density at radius 3 is 2.28 bits per heavy atom. The van der Waals surface area contributed by atoms with Gasteiger partial charge in [0.05, 0.1) is 6.61 Å². The smallest absolute Gasteiger partial charge is 0.408 e. The SMILES string of the molecule is CCOC(=O)[C@@H]1[C@@H](C(=O)O)N1C(=O)[C@H](Cc1ccccc1)NC(=O)OC(C)(C)C. The summed E-state index contributed by atoms with van der Waals surface area (Å²) in [6.45, 7) is 6.70. The number of carbonyl (C=O) groups is 4. The Kier molecular flexibility index (Phi) is 6.84. The van der Waals surface area contributed by atoms with Gasteiger partial charge in [0.1, 0.15) is 11.6 Å². The van der Waals surface area contributed by atoms with Gasteiger partial charge in [0.2, 0.25) is 5.91 Å². The summed E-state index contributed by atoms with van der Waals surface area (Å²) in [5.41, 5.74) is -0.0234. The van der Waals surface area contributed by atoms with E-state index in [1.54, 1.807) is 52.0 Å². The molecular formula is C20H26N2O7. The van der Waals surface area contributed by atoms with E-state index in [9.17, 15) is 24.3 Å². The third kappa shape index (κ3) is 5.94. The number of carboxylic acid groups (broad SMARTS) is 1. The highest BCUT2D eigenvalue weighted by molar-refractivity contribution is 6.02. The Bertz CT molecular complexity index is 773. The fourth-order valence-electron chi connectivity index (χ4n) is 2.91. The van der Waals surface area contributed by atoms with Gasteiger partial charge in [-0.1, -0.05) is 30.3 Å². The molecule has 29 heavy (non-hydrogen) atoms. The number of ether oxygens (including phenoxy) is 2. The first-order valence-electron chi connectivity index (χ1n) is 9.30. The largest absolute Gasteiger partial charge is 0.480 e. The Morgan fingerprint density at radius 1 is 1.14 bits per heavy atom. The molecule has 1 heterocycles. The zero-order valence-electron chi connectivity index (χ0n) is 16.9. The fraction of sp³-hybridized carbons (Fsp3) is 0.500. The topological polar surface area (TPSA) is 122 Å². The van der Waals surface area contributed by atoms with Crippen molar-refractivity contribution in [2.24, 2.45) is 0 Å². The molecule has 9 nitrogen and oxygen atoms in total. The quantitative estimate of drug-likeness (QED) is 0.518. The molecule has 2 N–H and O–H groups in total. The summed E-state index contributed by atoms with van der Waals surface area (Å²) in [5, 5.41) is 11.8. The molecule has 0 aromatic heterocycles. The monoisotopic (exact) mass is 406 g/mol. The predicted molar refractivity (Wildman–Crippen MR) is 102 cm³/mol. The van der Waals surface area contributed by atoms with Crippen LogP contribution in [0.2, 0.25) is 0 Å². The van der Waals surface area contributed by atoms with Gasteiger partial charge in [0.25, 0.3) is 0 Å². The van der Waals surface area contributed by atoms with Crippen LogP contribution in [0, 0.1) is 0 Å². The number of carbonyl (C=O) groups excluding carboxylic acids is 3. The van der Waals surface area contributed by atoms with Gasteiger partial charge in [-0.05, 0) is 33.3 Å². The van der Waals surface area contributed by atoms with Crippen molar-refractivity contribution >= 4 is 23.9 Å². The van der Waals surface area contributed by atoms with Crippen molar-refractivity contribution in [3.8, 4) is 0 Å². The van der Waals surface area contributed by atoms with E-state index in [1.807, 2.05) is 6.07 Å². The van der Waals surface area contributed by atoms with E-state index < -0.39 is 47.7 Å². The number of hydrogen-bond acceptors (Lipinski definition) is 6. The van der Waals surface area contributed by atoms with Gasteiger partial charge in [0.15, 0.2) is 12.1 Å². The van der Waals surface area contributed by atoms with Crippen LogP contribution in [-0.4, -0.2) is 64.3 Å². The lowest BCUT2D eigenvalue weighted by atomic mass is 10.1. The number of aliphatic carboxylic acids is 1. The molecule has 0 bridgehead atoms. The number of amides is 2. The minimum atomic E-state index is -1.32. The Hall–Kier alpha value is -3.10. The molecular weight excluding hydrogens is 380 g/mol. The van der Waals surface area contributed by atoms with E-state index in [4.69, 9.17) is 9.47 Å². The van der Waals surface area contributed by atoms with Crippen LogP contribution in [-0.2, 0) is 30.3 Å². The number of hydrogen-bond donors (Lipinski definition) is 2. The number of nitrogens with one attached hydrogen (secondary N) is 1. The lowest BCUT2D eigenvalue weighted by Gasteiger charge is -2.23. The number of benzene rings is 1. The molecule has 0 unspecified atom stereocenters. The maximum atomic E-state index is 13.0. The van der Waals surface area contributed by atoms with E-state index in [1.165, 1.54) is 0 Å². The molecule has 2 amide bonds. The van der Waals surface area contributed by atoms with Crippen molar-refractivity contribution in [2.75, 3.05) is 6.61 Å². The number of rotatable bonds is 7. The highest BCUT2D eigenvalue weighted by Gasteiger charge is 2.62. The summed E-state index contributed by atoms with van der Waals surface area (Å²) >= 11 is 0. The maximum Gasteiger partial charge on any atom is 0.408 e. The Balaban J connectivity index is 2.22. The second-order valence-electron chi connectivity index (χ2n) is 7.61. The summed E-state index contributed by atoms with van der Waals surface area (Å²) in [4.78, 5) is 49.7. The first-order valence-corrected chi connectivity index (χ1v) is 9.30. The lowest BCUT2D eigenvalue weighted by molar-refractivity contribution is -0.145. The summed E-state index contributed by atoms with van der Waals surface area (Å²) in [7, 11) is 0. The standard InChI is InChI=1S/C20H26N2O7/c1-5-28-18(26)15-14(17(24)25)22(15)16(23)13(11-12-9-7-6-8-10-12)21-19(27)29-20(2,3)4/h6-10,13-15H,5,11H2,1-4H3,(H,21,27)(H,24,25)/t13-,14-,15-,22?/m0/s1. The molecule has 0 saturated carbocycles. The van der Waals surface area contributed by atoms with Gasteiger partial charge in [-0.2, -0.15) is 0 Å². The molecule has 0 radical (unpaired) electrons. The van der Waals surface area contributed by atoms with Crippen LogP contribution in [0.25, 0.3) is 0 Å². The lowest BCUT2D eigenvalue weighted by Crippen LogP contribution is -2.48. The van der Waals surface area contributed by atoms with Gasteiger partial charge in [-0.3, -0.25) is 4.79 Å². The van der Waals surface area contributed by atoms with Gasteiger partial charge in [0, 0.05) is 6.42 Å². The van der Waals surface area contributed by atoms with Crippen LogP contribution in [0.15, 0.2) is 30.3 Å². The zero-order valence-corrected chi connectivity index (χ0v) is 16.9. The van der Waals surface area contributed by atoms with Crippen LogP contribution < -0.4 is 5.32 Å². The van der Waals surface area contributed by atoms with Crippen molar-refractivity contribution in [3.05, 3.63) is 35.9 Å². The van der Waals surface area contributed by atoms with Crippen LogP contribution in [0.3, 0.4) is 0 Å². The number of esters is 1. The highest BCUT2D eigenvalue weighted by atomic mass is 16.6. The Morgan fingerprint density at radius 2 is 1.76 bits per heavy atom. The molecule has 1 saturated heterocycles. The maximum absolute atomic E-state index is 13.0. The van der Waals surface area contributed by atoms with E-state index in [0.717, 1.165) is 10.5 Å². The molecule has 158 valence electrons. The summed E-state index contributed by atoms with van der Waals surface area (Å²) in [6, 6.07) is 5.29. The van der Waals surface area contributed by atoms with Crippen molar-refractivity contribution in [2.45, 2.75) is 57.8 Å². The number of alkyl carbamates (subject to hydrolysis) is 1. The van der Waals surface area contributed by atoms with E-state index in [-0.39, 0.29) is 13.0 Å². The van der Waals surface area contributed by atoms with Crippen molar-refractivity contribution in [1.82, 2.24) is 10.2 Å². The van der Waals surface area contributed by atoms with Crippen LogP contribution in [0.1, 0.15) is 33.3 Å². The van der Waals surface area contributed by atoms with Gasteiger partial charge < -0.3 is 24.8 Å². The minimum absolute atomic E-state index is 0.0628. The first-order chi connectivity index (χ1) is 13.5. The fourth-order valence-corrected chi connectivity index (χ4v) is 2.91. The van der Waals surface area contributed by atoms with Crippen molar-refractivity contribution in [3.63, 3.8) is 0 Å². The predicted octanol–water partition coefficient (Wildman–Crippen LogP) is 1.35. The van der Waals surface area contributed by atoms with Crippen molar-refractivity contribution in [1.29, 1.82) is 0 Å². The van der Waals surface area contributed by atoms with Gasteiger partial charge in [-0.15, -0.1) is 0 Å². The van der Waals surface area contributed by atoms with Crippen LogP contribution >= 0.6 is 0 Å². The second-order valence-corrected chi connectivity index (χ2v) is 7.61. The number of carboxylic acids is 1. The van der Waals surface area contributed by atoms with E-state index in [0.29, 0.717) is 0 Å². The molecule has 1 aliphatic heterocycles. The molecule has 1 aromatic rings. The summed E-state index contributed by atoms with van der Waals surface area (Å²) in [5.74, 6) is -2.79. The molecule has 3 atom stereocenters. The highest BCUT2D eigenvalue weighted by Crippen LogP contribution is 2.31. The van der Waals surface area contributed by atoms with Crippen LogP contribution in [0.5, 0.6) is 0 Å².